The summed E-state index contributed by atoms with van der Waals surface area (Å²) in [5.74, 6) is 0.506. The summed E-state index contributed by atoms with van der Waals surface area (Å²) in [5, 5.41) is 14.2. The van der Waals surface area contributed by atoms with Gasteiger partial charge < -0.3 is 29.5 Å². The lowest BCUT2D eigenvalue weighted by Crippen LogP contribution is -2.50. The van der Waals surface area contributed by atoms with E-state index in [1.54, 1.807) is 6.08 Å². The van der Waals surface area contributed by atoms with E-state index in [4.69, 9.17) is 9.47 Å². The summed E-state index contributed by atoms with van der Waals surface area (Å²) in [6.45, 7) is 2.20. The van der Waals surface area contributed by atoms with Crippen LogP contribution in [0.5, 0.6) is 0 Å². The van der Waals surface area contributed by atoms with Gasteiger partial charge in [-0.05, 0) is 56.5 Å². The van der Waals surface area contributed by atoms with Crippen LogP contribution in [-0.2, 0) is 19.0 Å². The van der Waals surface area contributed by atoms with Gasteiger partial charge in [-0.15, -0.1) is 0 Å². The van der Waals surface area contributed by atoms with Gasteiger partial charge in [0.05, 0.1) is 18.8 Å². The molecule has 2 bridgehead atoms. The molecule has 198 valence electrons. The van der Waals surface area contributed by atoms with E-state index in [2.05, 4.69) is 15.0 Å². The highest BCUT2D eigenvalue weighted by atomic mass is 19.4. The fourth-order valence-electron chi connectivity index (χ4n) is 4.42. The zero-order valence-electron chi connectivity index (χ0n) is 20.1. The number of likely N-dealkylation sites (tertiary alicyclic amines) is 1. The third-order valence-corrected chi connectivity index (χ3v) is 6.21. The Kier molecular flexibility index (Phi) is 11.1. The first-order valence-electron chi connectivity index (χ1n) is 12.5. The van der Waals surface area contributed by atoms with Gasteiger partial charge in [-0.3, -0.25) is 4.79 Å². The van der Waals surface area contributed by atoms with Crippen molar-refractivity contribution in [2.45, 2.75) is 69.4 Å². The molecule has 3 rings (SSSR count). The van der Waals surface area contributed by atoms with Crippen molar-refractivity contribution < 1.29 is 37.3 Å². The zero-order valence-corrected chi connectivity index (χ0v) is 20.1. The number of hydrogen-bond acceptors (Lipinski definition) is 6. The van der Waals surface area contributed by atoms with Crippen molar-refractivity contribution in [1.82, 2.24) is 10.2 Å². The second kappa shape index (κ2) is 14.0. The average molecular weight is 503 g/mol. The SMILES string of the molecule is O=C(CCCCCCOCC(F)(F)F)N[C@H](CN1CCCC1)C(O)C1=CC2=CC(C=C1)OCCO2. The Labute approximate surface area is 205 Å². The largest absolute Gasteiger partial charge is 0.491 e. The molecule has 7 nitrogen and oxygen atoms in total. The van der Waals surface area contributed by atoms with E-state index in [1.807, 2.05) is 18.2 Å². The zero-order chi connectivity index (χ0) is 25.1. The summed E-state index contributed by atoms with van der Waals surface area (Å²) >= 11 is 0. The highest BCUT2D eigenvalue weighted by Gasteiger charge is 2.29. The van der Waals surface area contributed by atoms with Crippen LogP contribution in [0, 0.1) is 0 Å². The van der Waals surface area contributed by atoms with Gasteiger partial charge in [0.1, 0.15) is 25.1 Å². The molecule has 0 aromatic rings. The van der Waals surface area contributed by atoms with Crippen LogP contribution < -0.4 is 5.32 Å². The van der Waals surface area contributed by atoms with E-state index < -0.39 is 24.9 Å². The minimum atomic E-state index is -4.30. The van der Waals surface area contributed by atoms with Gasteiger partial charge in [0, 0.05) is 19.6 Å². The lowest BCUT2D eigenvalue weighted by atomic mass is 10.00. The number of fused-ring (bicyclic) bond motifs is 1. The molecular formula is C25H37F3N2O5. The van der Waals surface area contributed by atoms with Crippen LogP contribution in [0.4, 0.5) is 13.2 Å². The van der Waals surface area contributed by atoms with Crippen molar-refractivity contribution in [3.63, 3.8) is 0 Å². The summed E-state index contributed by atoms with van der Waals surface area (Å²) < 4.78 is 52.2. The van der Waals surface area contributed by atoms with Crippen LogP contribution in [0.25, 0.3) is 0 Å². The first-order valence-corrected chi connectivity index (χ1v) is 12.5. The maximum atomic E-state index is 12.7. The summed E-state index contributed by atoms with van der Waals surface area (Å²) in [4.78, 5) is 14.9. The number of rotatable bonds is 13. The second-order valence-electron chi connectivity index (χ2n) is 9.21. The third kappa shape index (κ3) is 10.3. The summed E-state index contributed by atoms with van der Waals surface area (Å²) in [6, 6.07) is -0.478. The Hall–Kier alpha value is -1.88. The first kappa shape index (κ1) is 27.7. The van der Waals surface area contributed by atoms with Crippen molar-refractivity contribution in [3.05, 3.63) is 35.6 Å². The summed E-state index contributed by atoms with van der Waals surface area (Å²) in [5.41, 5.74) is 0.660. The number of unbranched alkanes of at least 4 members (excludes halogenated alkanes) is 3. The molecule has 35 heavy (non-hydrogen) atoms. The van der Waals surface area contributed by atoms with Gasteiger partial charge in [0.25, 0.3) is 0 Å². The van der Waals surface area contributed by atoms with Crippen LogP contribution in [0.2, 0.25) is 0 Å². The molecule has 2 heterocycles. The predicted octanol–water partition coefficient (Wildman–Crippen LogP) is 3.25. The Balaban J connectivity index is 1.47. The Morgan fingerprint density at radius 2 is 1.97 bits per heavy atom. The standard InChI is InChI=1S/C25H37F3N2O5/c26-25(27,28)18-33-12-6-2-1-3-7-23(31)29-22(17-30-10-4-5-11-30)24(32)19-8-9-20-16-21(15-19)35-14-13-34-20/h8-9,15-16,20,22,24,32H,1-7,10-14,17-18H2,(H,29,31)/t20?,22-,24?/m1/s1. The van der Waals surface area contributed by atoms with Crippen LogP contribution in [0.1, 0.15) is 44.9 Å². The molecule has 0 aromatic carbocycles. The van der Waals surface area contributed by atoms with E-state index in [-0.39, 0.29) is 18.6 Å². The van der Waals surface area contributed by atoms with Gasteiger partial charge in [0.2, 0.25) is 5.91 Å². The fraction of sp³-hybridized carbons (Fsp3) is 0.720. The Morgan fingerprint density at radius 3 is 2.74 bits per heavy atom. The van der Waals surface area contributed by atoms with Crippen molar-refractivity contribution >= 4 is 5.91 Å². The second-order valence-corrected chi connectivity index (χ2v) is 9.21. The number of hydrogen-bond donors (Lipinski definition) is 2. The smallest absolute Gasteiger partial charge is 0.411 e. The highest BCUT2D eigenvalue weighted by Crippen LogP contribution is 2.22. The number of halogens is 3. The molecule has 0 aromatic heterocycles. The molecule has 3 aliphatic rings. The maximum Gasteiger partial charge on any atom is 0.411 e. The van der Waals surface area contributed by atoms with Crippen LogP contribution in [0.3, 0.4) is 0 Å². The number of ether oxygens (including phenoxy) is 3. The molecule has 2 unspecified atom stereocenters. The van der Waals surface area contributed by atoms with Gasteiger partial charge in [-0.25, -0.2) is 0 Å². The molecule has 3 atom stereocenters. The lowest BCUT2D eigenvalue weighted by Gasteiger charge is -2.29. The minimum Gasteiger partial charge on any atom is -0.491 e. The van der Waals surface area contributed by atoms with Gasteiger partial charge >= 0.3 is 6.18 Å². The van der Waals surface area contributed by atoms with E-state index >= 15 is 0 Å². The molecular weight excluding hydrogens is 465 g/mol. The number of nitrogens with one attached hydrogen (secondary N) is 1. The van der Waals surface area contributed by atoms with Gasteiger partial charge in [-0.1, -0.05) is 25.0 Å². The quantitative estimate of drug-likeness (QED) is 0.377. The number of nitrogens with zero attached hydrogens (tertiary/aromatic N) is 1. The number of carbonyl (C=O) groups is 1. The number of amides is 1. The molecule has 2 N–H and O–H groups in total. The number of aliphatic hydroxyl groups is 1. The van der Waals surface area contributed by atoms with Crippen LogP contribution in [-0.4, -0.2) is 86.4 Å². The normalized spacial score (nSPS) is 22.5. The monoisotopic (exact) mass is 502 g/mol. The fourth-order valence-corrected chi connectivity index (χ4v) is 4.42. The molecule has 2 aliphatic heterocycles. The first-order chi connectivity index (χ1) is 16.8. The van der Waals surface area contributed by atoms with Gasteiger partial charge in [0.15, 0.2) is 0 Å². The van der Waals surface area contributed by atoms with Crippen molar-refractivity contribution in [1.29, 1.82) is 0 Å². The van der Waals surface area contributed by atoms with E-state index in [9.17, 15) is 23.1 Å². The lowest BCUT2D eigenvalue weighted by molar-refractivity contribution is -0.174. The number of alkyl halides is 3. The van der Waals surface area contributed by atoms with Crippen molar-refractivity contribution in [3.8, 4) is 0 Å². The van der Waals surface area contributed by atoms with Crippen LogP contribution >= 0.6 is 0 Å². The van der Waals surface area contributed by atoms with E-state index in [1.165, 1.54) is 0 Å². The number of aliphatic hydroxyl groups excluding tert-OH is 1. The van der Waals surface area contributed by atoms with E-state index in [0.29, 0.717) is 56.8 Å². The topological polar surface area (TPSA) is 80.3 Å². The molecule has 0 spiro atoms. The van der Waals surface area contributed by atoms with Crippen molar-refractivity contribution in [2.24, 2.45) is 0 Å². The number of allylic oxidation sites excluding steroid dienone is 1. The highest BCUT2D eigenvalue weighted by molar-refractivity contribution is 5.76. The maximum absolute atomic E-state index is 12.7. The van der Waals surface area contributed by atoms with E-state index in [0.717, 1.165) is 32.4 Å². The molecule has 1 saturated heterocycles. The molecule has 1 fully saturated rings. The summed E-state index contributed by atoms with van der Waals surface area (Å²) in [6.07, 6.45) is 7.04. The predicted molar refractivity (Wildman–Crippen MR) is 125 cm³/mol. The number of carbonyl (C=O) groups excluding carboxylic acids is 1. The molecule has 10 heteroatoms. The van der Waals surface area contributed by atoms with Crippen LogP contribution in [0.15, 0.2) is 35.6 Å². The summed E-state index contributed by atoms with van der Waals surface area (Å²) in [7, 11) is 0. The van der Waals surface area contributed by atoms with Crippen molar-refractivity contribution in [2.75, 3.05) is 46.1 Å². The minimum absolute atomic E-state index is 0.0600. The molecule has 1 aliphatic carbocycles. The van der Waals surface area contributed by atoms with Gasteiger partial charge in [-0.2, -0.15) is 13.2 Å². The Bertz CT molecular complexity index is 763. The molecule has 1 amide bonds. The Morgan fingerprint density at radius 1 is 1.20 bits per heavy atom. The molecule has 0 saturated carbocycles. The third-order valence-electron chi connectivity index (χ3n) is 6.21. The average Bonchev–Trinajstić information content (AvgIpc) is 3.10. The molecule has 0 radical (unpaired) electrons.